The van der Waals surface area contributed by atoms with Gasteiger partial charge in [-0.2, -0.15) is 0 Å². The van der Waals surface area contributed by atoms with Crippen molar-refractivity contribution in [3.05, 3.63) is 157 Å². The van der Waals surface area contributed by atoms with Gasteiger partial charge in [0.25, 0.3) is 0 Å². The van der Waals surface area contributed by atoms with Crippen LogP contribution in [-0.4, -0.2) is 9.97 Å². The van der Waals surface area contributed by atoms with E-state index in [-0.39, 0.29) is 0 Å². The van der Waals surface area contributed by atoms with Crippen LogP contribution in [0.5, 0.6) is 0 Å². The molecule has 2 aromatic heterocycles. The minimum Gasteiger partial charge on any atom is -0.247 e. The quantitative estimate of drug-likeness (QED) is 0.182. The molecule has 0 atom stereocenters. The molecule has 9 aromatic rings. The highest BCUT2D eigenvalue weighted by atomic mass is 32.1. The van der Waals surface area contributed by atoms with Gasteiger partial charge < -0.3 is 0 Å². The predicted molar refractivity (Wildman–Crippen MR) is 192 cm³/mol. The number of hydrogen-bond donors (Lipinski definition) is 0. The lowest BCUT2D eigenvalue weighted by Gasteiger charge is -2.12. The molecular weight excluding hydrogens is 603 g/mol. The molecule has 0 spiro atoms. The van der Waals surface area contributed by atoms with E-state index in [0.29, 0.717) is 11.3 Å². The normalized spacial score (nSPS) is 11.6. The first-order valence-electron chi connectivity index (χ1n) is 15.4. The fourth-order valence-corrected chi connectivity index (χ4v) is 7.42. The van der Waals surface area contributed by atoms with Gasteiger partial charge in [0.05, 0.1) is 21.4 Å². The molecule has 2 heterocycles. The summed E-state index contributed by atoms with van der Waals surface area (Å²) in [5, 5.41) is 6.15. The van der Waals surface area contributed by atoms with Gasteiger partial charge in [0, 0.05) is 28.0 Å². The number of rotatable bonds is 4. The number of halogens is 2. The van der Waals surface area contributed by atoms with E-state index in [9.17, 15) is 8.78 Å². The Balaban J connectivity index is 1.06. The second kappa shape index (κ2) is 10.9. The Hall–Kier alpha value is -5.78. The van der Waals surface area contributed by atoms with Crippen LogP contribution < -0.4 is 0 Å². The fraction of sp³-hybridized carbons (Fsp3) is 0. The second-order valence-electron chi connectivity index (χ2n) is 11.7. The average molecular weight is 627 g/mol. The van der Waals surface area contributed by atoms with Gasteiger partial charge in [-0.25, -0.2) is 18.7 Å². The lowest BCUT2D eigenvalue weighted by atomic mass is 9.95. The Morgan fingerprint density at radius 2 is 1.00 bits per heavy atom. The zero-order valence-electron chi connectivity index (χ0n) is 24.9. The molecule has 0 unspecified atom stereocenters. The van der Waals surface area contributed by atoms with Crippen molar-refractivity contribution in [1.29, 1.82) is 0 Å². The van der Waals surface area contributed by atoms with Gasteiger partial charge in [-0.15, -0.1) is 11.3 Å². The van der Waals surface area contributed by atoms with Crippen LogP contribution in [0.3, 0.4) is 0 Å². The summed E-state index contributed by atoms with van der Waals surface area (Å²) in [5.74, 6) is -1.25. The van der Waals surface area contributed by atoms with E-state index in [2.05, 4.69) is 91.0 Å². The van der Waals surface area contributed by atoms with Crippen molar-refractivity contribution in [3.63, 3.8) is 0 Å². The van der Waals surface area contributed by atoms with Gasteiger partial charge in [0.1, 0.15) is 16.6 Å². The number of para-hydroxylation sites is 1. The number of nitrogens with zero attached hydrogens (tertiary/aromatic N) is 2. The SMILES string of the molecule is Fc1cc(F)cc(-c2nc3cc(-c4ccc5cc(-c6ccc(-c7nc8ccccc8s7)cc6)ccc5c4)ccc3c3ccccc23)c1. The molecular formula is C42H24F2N2S. The van der Waals surface area contributed by atoms with Crippen molar-refractivity contribution in [3.8, 4) is 44.1 Å². The van der Waals surface area contributed by atoms with Crippen molar-refractivity contribution in [2.24, 2.45) is 0 Å². The standard InChI is InChI=1S/C42H24F2N2S/c43-33-21-32(22-34(44)24-33)41-37-6-2-1-5-35(37)36-18-17-31(23-39(36)45-41)30-16-15-28-19-27(13-14-29(28)20-30)25-9-11-26(12-10-25)42-46-38-7-3-4-8-40(38)47-42/h1-24H. The smallest absolute Gasteiger partial charge is 0.126 e. The summed E-state index contributed by atoms with van der Waals surface area (Å²) < 4.78 is 29.6. The van der Waals surface area contributed by atoms with Gasteiger partial charge in [0.2, 0.25) is 0 Å². The zero-order chi connectivity index (χ0) is 31.5. The molecule has 5 heteroatoms. The zero-order valence-corrected chi connectivity index (χ0v) is 25.7. The van der Waals surface area contributed by atoms with E-state index < -0.39 is 11.6 Å². The van der Waals surface area contributed by atoms with Crippen LogP contribution in [-0.2, 0) is 0 Å². The number of aromatic nitrogens is 2. The minimum atomic E-state index is -0.625. The van der Waals surface area contributed by atoms with Crippen LogP contribution in [0.25, 0.3) is 86.7 Å². The number of fused-ring (bicyclic) bond motifs is 5. The van der Waals surface area contributed by atoms with Crippen LogP contribution in [0.15, 0.2) is 146 Å². The van der Waals surface area contributed by atoms with E-state index in [4.69, 9.17) is 9.97 Å². The molecule has 0 aliphatic carbocycles. The van der Waals surface area contributed by atoms with Crippen LogP contribution in [0.1, 0.15) is 0 Å². The maximum Gasteiger partial charge on any atom is 0.126 e. The third-order valence-electron chi connectivity index (χ3n) is 8.77. The molecule has 47 heavy (non-hydrogen) atoms. The van der Waals surface area contributed by atoms with E-state index in [1.54, 1.807) is 11.3 Å². The van der Waals surface area contributed by atoms with Crippen LogP contribution in [0, 0.1) is 11.6 Å². The highest BCUT2D eigenvalue weighted by Gasteiger charge is 2.14. The Labute approximate surface area is 273 Å². The highest BCUT2D eigenvalue weighted by Crippen LogP contribution is 2.36. The summed E-state index contributed by atoms with van der Waals surface area (Å²) in [6.45, 7) is 0. The third-order valence-corrected chi connectivity index (χ3v) is 9.86. The lowest BCUT2D eigenvalue weighted by molar-refractivity contribution is 0.584. The monoisotopic (exact) mass is 626 g/mol. The predicted octanol–water partition coefficient (Wildman–Crippen LogP) is 12.1. The van der Waals surface area contributed by atoms with Crippen molar-refractivity contribution >= 4 is 54.0 Å². The second-order valence-corrected chi connectivity index (χ2v) is 12.8. The highest BCUT2D eigenvalue weighted by molar-refractivity contribution is 7.21. The molecule has 0 saturated heterocycles. The summed E-state index contributed by atoms with van der Waals surface area (Å²) in [7, 11) is 0. The summed E-state index contributed by atoms with van der Waals surface area (Å²) in [4.78, 5) is 9.75. The van der Waals surface area contributed by atoms with Gasteiger partial charge in [-0.1, -0.05) is 97.1 Å². The molecule has 0 saturated carbocycles. The van der Waals surface area contributed by atoms with Gasteiger partial charge in [-0.3, -0.25) is 0 Å². The summed E-state index contributed by atoms with van der Waals surface area (Å²) >= 11 is 1.71. The Morgan fingerprint density at radius 1 is 0.404 bits per heavy atom. The molecule has 0 N–H and O–H groups in total. The van der Waals surface area contributed by atoms with Crippen molar-refractivity contribution in [2.45, 2.75) is 0 Å². The average Bonchev–Trinajstić information content (AvgIpc) is 3.55. The minimum absolute atomic E-state index is 0.416. The maximum absolute atomic E-state index is 14.2. The van der Waals surface area contributed by atoms with Crippen LogP contribution in [0.2, 0.25) is 0 Å². The molecule has 0 radical (unpaired) electrons. The Bertz CT molecular complexity index is 2610. The lowest BCUT2D eigenvalue weighted by Crippen LogP contribution is -1.92. The molecule has 0 aliphatic heterocycles. The van der Waals surface area contributed by atoms with E-state index in [1.165, 1.54) is 16.8 Å². The third kappa shape index (κ3) is 4.93. The molecule has 222 valence electrons. The number of thiazole rings is 1. The number of hydrogen-bond acceptors (Lipinski definition) is 3. The molecule has 0 aliphatic rings. The Morgan fingerprint density at radius 3 is 1.74 bits per heavy atom. The van der Waals surface area contributed by atoms with E-state index in [1.807, 2.05) is 36.4 Å². The van der Waals surface area contributed by atoms with Gasteiger partial charge in [0.15, 0.2) is 0 Å². The number of pyridine rings is 1. The first-order chi connectivity index (χ1) is 23.1. The summed E-state index contributed by atoms with van der Waals surface area (Å²) in [6.07, 6.45) is 0. The largest absolute Gasteiger partial charge is 0.247 e. The molecule has 9 rings (SSSR count). The summed E-state index contributed by atoms with van der Waals surface area (Å²) in [6, 6.07) is 47.6. The molecule has 7 aromatic carbocycles. The fourth-order valence-electron chi connectivity index (χ4n) is 6.45. The van der Waals surface area contributed by atoms with Crippen molar-refractivity contribution < 1.29 is 8.78 Å². The topological polar surface area (TPSA) is 25.8 Å². The van der Waals surface area contributed by atoms with Gasteiger partial charge in [-0.05, 0) is 80.9 Å². The van der Waals surface area contributed by atoms with Crippen LogP contribution >= 0.6 is 11.3 Å². The number of benzene rings is 7. The first-order valence-corrected chi connectivity index (χ1v) is 16.2. The first kappa shape index (κ1) is 27.5. The summed E-state index contributed by atoms with van der Waals surface area (Å²) in [5.41, 5.74) is 8.30. The van der Waals surface area contributed by atoms with Gasteiger partial charge >= 0.3 is 0 Å². The van der Waals surface area contributed by atoms with E-state index >= 15 is 0 Å². The van der Waals surface area contributed by atoms with E-state index in [0.717, 1.165) is 76.9 Å². The van der Waals surface area contributed by atoms with Crippen molar-refractivity contribution in [2.75, 3.05) is 0 Å². The molecule has 0 fully saturated rings. The van der Waals surface area contributed by atoms with Crippen LogP contribution in [0.4, 0.5) is 8.78 Å². The van der Waals surface area contributed by atoms with Crippen molar-refractivity contribution in [1.82, 2.24) is 9.97 Å². The Kier molecular flexibility index (Phi) is 6.40. The molecule has 0 amide bonds. The molecule has 2 nitrogen and oxygen atoms in total. The maximum atomic E-state index is 14.2. The molecule has 0 bridgehead atoms.